The molecule has 1 aromatic rings. The first-order valence-corrected chi connectivity index (χ1v) is 6.23. The van der Waals surface area contributed by atoms with Gasteiger partial charge in [0, 0.05) is 22.1 Å². The van der Waals surface area contributed by atoms with Gasteiger partial charge in [0.25, 0.3) is 0 Å². The highest BCUT2D eigenvalue weighted by atomic mass is 35.5. The zero-order chi connectivity index (χ0) is 12.0. The van der Waals surface area contributed by atoms with E-state index in [1.54, 1.807) is 11.6 Å². The van der Waals surface area contributed by atoms with Crippen molar-refractivity contribution in [2.24, 2.45) is 0 Å². The molecule has 0 aromatic heterocycles. The molecule has 0 radical (unpaired) electrons. The third-order valence-corrected chi connectivity index (χ3v) is 3.14. The van der Waals surface area contributed by atoms with Gasteiger partial charge in [-0.2, -0.15) is 0 Å². The molecule has 88 valence electrons. The first-order chi connectivity index (χ1) is 7.63. The Morgan fingerprint density at radius 2 is 2.12 bits per heavy atom. The normalized spacial score (nSPS) is 11.9. The lowest BCUT2D eigenvalue weighted by Gasteiger charge is -2.06. The first-order valence-electron chi connectivity index (χ1n) is 5.04. The van der Waals surface area contributed by atoms with E-state index in [-0.39, 0.29) is 0 Å². The molecule has 0 aliphatic rings. The summed E-state index contributed by atoms with van der Waals surface area (Å²) in [5.41, 5.74) is 3.80. The maximum absolute atomic E-state index is 6.05. The highest BCUT2D eigenvalue weighted by molar-refractivity contribution is 6.35. The summed E-state index contributed by atoms with van der Waals surface area (Å²) in [5, 5.41) is 4.67. The molecule has 0 bridgehead atoms. The van der Waals surface area contributed by atoms with Crippen LogP contribution in [-0.4, -0.2) is 13.1 Å². The molecule has 16 heavy (non-hydrogen) atoms. The van der Waals surface area contributed by atoms with Gasteiger partial charge in [0.2, 0.25) is 0 Å². The molecule has 0 fully saturated rings. The highest BCUT2D eigenvalue weighted by Crippen LogP contribution is 2.20. The van der Waals surface area contributed by atoms with Gasteiger partial charge in [0.15, 0.2) is 0 Å². The molecule has 0 spiro atoms. The summed E-state index contributed by atoms with van der Waals surface area (Å²) in [5.74, 6) is 0. The Kier molecular flexibility index (Phi) is 6.22. The molecule has 0 atom stereocenters. The number of hydrogen-bond acceptors (Lipinski definition) is 1. The Bertz CT molecular complexity index is 375. The third-order valence-electron chi connectivity index (χ3n) is 2.18. The van der Waals surface area contributed by atoms with Crippen LogP contribution in [0.4, 0.5) is 0 Å². The lowest BCUT2D eigenvalue weighted by atomic mass is 10.1. The molecular weight excluding hydrogens is 264 g/mol. The van der Waals surface area contributed by atoms with E-state index in [4.69, 9.17) is 34.8 Å². The zero-order valence-electron chi connectivity index (χ0n) is 9.06. The van der Waals surface area contributed by atoms with E-state index >= 15 is 0 Å². The lowest BCUT2D eigenvalue weighted by molar-refractivity contribution is 0.728. The lowest BCUT2D eigenvalue weighted by Crippen LogP contribution is -2.19. The van der Waals surface area contributed by atoms with Crippen LogP contribution in [0.1, 0.15) is 12.5 Å². The predicted molar refractivity (Wildman–Crippen MR) is 72.6 cm³/mol. The molecule has 0 amide bonds. The Balaban J connectivity index is 2.37. The van der Waals surface area contributed by atoms with E-state index in [0.717, 1.165) is 35.7 Å². The number of hydrogen-bond donors (Lipinski definition) is 1. The fraction of sp³-hybridized carbons (Fsp3) is 0.333. The Morgan fingerprint density at radius 1 is 1.38 bits per heavy atom. The molecule has 0 unspecified atom stereocenters. The van der Waals surface area contributed by atoms with E-state index in [1.165, 1.54) is 0 Å². The second kappa shape index (κ2) is 7.18. The quantitative estimate of drug-likeness (QED) is 0.793. The molecule has 1 N–H and O–H groups in total. The van der Waals surface area contributed by atoms with Crippen molar-refractivity contribution in [3.05, 3.63) is 44.9 Å². The minimum absolute atomic E-state index is 0.669. The summed E-state index contributed by atoms with van der Waals surface area (Å²) >= 11 is 17.4. The number of halogens is 3. The molecule has 0 heterocycles. The summed E-state index contributed by atoms with van der Waals surface area (Å²) in [6.45, 7) is 3.65. The maximum Gasteiger partial charge on any atom is 0.0453 e. The van der Waals surface area contributed by atoms with Crippen molar-refractivity contribution < 1.29 is 0 Å². The average molecular weight is 279 g/mol. The second-order valence-corrected chi connectivity index (χ2v) is 4.68. The monoisotopic (exact) mass is 277 g/mol. The Hall–Kier alpha value is -0.210. The van der Waals surface area contributed by atoms with Crippen LogP contribution in [0, 0.1) is 0 Å². The summed E-state index contributed by atoms with van der Waals surface area (Å²) < 4.78 is 0. The Morgan fingerprint density at radius 3 is 2.75 bits per heavy atom. The molecule has 0 saturated heterocycles. The number of nitrogens with one attached hydrogen (secondary N) is 1. The van der Waals surface area contributed by atoms with Crippen LogP contribution in [0.5, 0.6) is 0 Å². The van der Waals surface area contributed by atoms with Gasteiger partial charge < -0.3 is 5.32 Å². The second-order valence-electron chi connectivity index (χ2n) is 3.62. The summed E-state index contributed by atoms with van der Waals surface area (Å²) in [6, 6.07) is 5.58. The van der Waals surface area contributed by atoms with Crippen LogP contribution >= 0.6 is 34.8 Å². The number of benzene rings is 1. The summed E-state index contributed by atoms with van der Waals surface area (Å²) in [7, 11) is 0. The first kappa shape index (κ1) is 13.9. The largest absolute Gasteiger partial charge is 0.313 e. The Labute approximate surface area is 111 Å². The molecule has 0 aliphatic heterocycles. The van der Waals surface area contributed by atoms with Gasteiger partial charge in [-0.15, -0.1) is 0 Å². The van der Waals surface area contributed by atoms with E-state index in [0.29, 0.717) is 5.02 Å². The maximum atomic E-state index is 6.05. The topological polar surface area (TPSA) is 12.0 Å². The minimum Gasteiger partial charge on any atom is -0.313 e. The van der Waals surface area contributed by atoms with Gasteiger partial charge in [0.1, 0.15) is 0 Å². The minimum atomic E-state index is 0.669. The molecule has 1 rings (SSSR count). The standard InChI is InChI=1S/C12H14Cl3N/c1-9(7-13)8-16-5-4-10-2-3-11(14)6-12(10)15/h2-3,6-7,16H,4-5,8H2,1H3/b9-7-. The molecular formula is C12H14Cl3N. The van der Waals surface area contributed by atoms with Crippen molar-refractivity contribution in [1.82, 2.24) is 5.32 Å². The molecule has 0 saturated carbocycles. The molecule has 4 heteroatoms. The summed E-state index contributed by atoms with van der Waals surface area (Å²) in [4.78, 5) is 0. The van der Waals surface area contributed by atoms with Crippen molar-refractivity contribution in [2.75, 3.05) is 13.1 Å². The smallest absolute Gasteiger partial charge is 0.0453 e. The molecule has 1 nitrogen and oxygen atoms in total. The van der Waals surface area contributed by atoms with E-state index in [1.807, 2.05) is 19.1 Å². The van der Waals surface area contributed by atoms with E-state index in [2.05, 4.69) is 5.32 Å². The highest BCUT2D eigenvalue weighted by Gasteiger charge is 2.00. The van der Waals surface area contributed by atoms with Crippen LogP contribution in [-0.2, 0) is 6.42 Å². The number of rotatable bonds is 5. The third kappa shape index (κ3) is 4.75. The predicted octanol–water partition coefficient (Wildman–Crippen LogP) is 4.27. The fourth-order valence-electron chi connectivity index (χ4n) is 1.27. The van der Waals surface area contributed by atoms with Crippen molar-refractivity contribution in [3.63, 3.8) is 0 Å². The van der Waals surface area contributed by atoms with Crippen LogP contribution < -0.4 is 5.32 Å². The summed E-state index contributed by atoms with van der Waals surface area (Å²) in [6.07, 6.45) is 0.881. The average Bonchev–Trinajstić information content (AvgIpc) is 2.26. The SMILES string of the molecule is C/C(=C/Cl)CNCCc1ccc(Cl)cc1Cl. The van der Waals surface area contributed by atoms with Crippen molar-refractivity contribution in [2.45, 2.75) is 13.3 Å². The van der Waals surface area contributed by atoms with E-state index < -0.39 is 0 Å². The van der Waals surface area contributed by atoms with Gasteiger partial charge in [0.05, 0.1) is 0 Å². The molecule has 0 aliphatic carbocycles. The fourth-order valence-corrected chi connectivity index (χ4v) is 1.85. The van der Waals surface area contributed by atoms with Crippen LogP contribution in [0.25, 0.3) is 0 Å². The van der Waals surface area contributed by atoms with Crippen molar-refractivity contribution in [1.29, 1.82) is 0 Å². The van der Waals surface area contributed by atoms with Gasteiger partial charge in [-0.25, -0.2) is 0 Å². The van der Waals surface area contributed by atoms with Crippen molar-refractivity contribution in [3.8, 4) is 0 Å². The van der Waals surface area contributed by atoms with Gasteiger partial charge in [-0.05, 0) is 43.2 Å². The van der Waals surface area contributed by atoms with Gasteiger partial charge in [-0.3, -0.25) is 0 Å². The van der Waals surface area contributed by atoms with Crippen molar-refractivity contribution >= 4 is 34.8 Å². The van der Waals surface area contributed by atoms with Gasteiger partial charge in [-0.1, -0.05) is 40.9 Å². The van der Waals surface area contributed by atoms with Gasteiger partial charge >= 0.3 is 0 Å². The van der Waals surface area contributed by atoms with Crippen LogP contribution in [0.3, 0.4) is 0 Å². The van der Waals surface area contributed by atoms with E-state index in [9.17, 15) is 0 Å². The van der Waals surface area contributed by atoms with Crippen LogP contribution in [0.15, 0.2) is 29.3 Å². The van der Waals surface area contributed by atoms with Crippen LogP contribution in [0.2, 0.25) is 10.0 Å². The zero-order valence-corrected chi connectivity index (χ0v) is 11.3. The molecule has 1 aromatic carbocycles.